The van der Waals surface area contributed by atoms with E-state index in [1.807, 2.05) is 11.4 Å². The lowest BCUT2D eigenvalue weighted by atomic mass is 10.1. The first kappa shape index (κ1) is 23.3. The smallest absolute Gasteiger partial charge is 0.320 e. The van der Waals surface area contributed by atoms with Crippen LogP contribution >= 0.6 is 22.7 Å². The van der Waals surface area contributed by atoms with E-state index < -0.39 is 30.0 Å². The third kappa shape index (κ3) is 5.18. The largest absolute Gasteiger partial charge is 0.382 e. The summed E-state index contributed by atoms with van der Waals surface area (Å²) in [4.78, 5) is 33.2. The molecule has 174 valence electrons. The molecule has 0 aliphatic heterocycles. The molecule has 0 bridgehead atoms. The zero-order chi connectivity index (χ0) is 24.2. The van der Waals surface area contributed by atoms with Crippen molar-refractivity contribution in [1.29, 1.82) is 0 Å². The Bertz CT molecular complexity index is 1350. The van der Waals surface area contributed by atoms with E-state index in [1.54, 1.807) is 18.2 Å². The van der Waals surface area contributed by atoms with E-state index in [0.29, 0.717) is 26.4 Å². The van der Waals surface area contributed by atoms with Gasteiger partial charge >= 0.3 is 6.03 Å². The van der Waals surface area contributed by atoms with Crippen LogP contribution in [-0.2, 0) is 11.2 Å². The van der Waals surface area contributed by atoms with Gasteiger partial charge in [-0.3, -0.25) is 10.1 Å². The Hall–Kier alpha value is -3.90. The number of benzene rings is 2. The van der Waals surface area contributed by atoms with Gasteiger partial charge in [-0.1, -0.05) is 29.5 Å². The molecule has 34 heavy (non-hydrogen) atoms. The molecule has 0 aliphatic rings. The summed E-state index contributed by atoms with van der Waals surface area (Å²) < 4.78 is 27.6. The fraction of sp³-hybridized carbons (Fsp3) is 0.0909. The molecule has 4 rings (SSSR count). The molecule has 0 atom stereocenters. The highest BCUT2D eigenvalue weighted by Gasteiger charge is 2.17. The number of hydrogen-bond acceptors (Lipinski definition) is 7. The number of anilines is 3. The van der Waals surface area contributed by atoms with Crippen LogP contribution in [0.5, 0.6) is 0 Å². The lowest BCUT2D eigenvalue weighted by molar-refractivity contribution is -0.115. The zero-order valence-corrected chi connectivity index (χ0v) is 19.3. The van der Waals surface area contributed by atoms with E-state index >= 15 is 0 Å². The van der Waals surface area contributed by atoms with E-state index in [4.69, 9.17) is 5.73 Å². The van der Waals surface area contributed by atoms with Crippen molar-refractivity contribution in [3.63, 3.8) is 0 Å². The lowest BCUT2D eigenvalue weighted by Crippen LogP contribution is -2.24. The number of carbonyl (C=O) groups is 2. The van der Waals surface area contributed by atoms with Crippen LogP contribution in [0.25, 0.3) is 21.1 Å². The summed E-state index contributed by atoms with van der Waals surface area (Å²) in [6.45, 7) is 0. The first-order valence-corrected chi connectivity index (χ1v) is 11.6. The van der Waals surface area contributed by atoms with Gasteiger partial charge in [0, 0.05) is 29.2 Å². The Morgan fingerprint density at radius 2 is 1.79 bits per heavy atom. The zero-order valence-electron chi connectivity index (χ0n) is 17.7. The molecular formula is C22H18F2N6O2S2. The molecule has 2 heterocycles. The molecule has 12 heteroatoms. The monoisotopic (exact) mass is 500 g/mol. The van der Waals surface area contributed by atoms with Gasteiger partial charge in [0.1, 0.15) is 27.3 Å². The Morgan fingerprint density at radius 3 is 2.53 bits per heavy atom. The molecule has 0 radical (unpaired) electrons. The van der Waals surface area contributed by atoms with Crippen molar-refractivity contribution < 1.29 is 18.4 Å². The number of amides is 3. The molecule has 0 saturated heterocycles. The van der Waals surface area contributed by atoms with Crippen LogP contribution in [0.2, 0.25) is 0 Å². The van der Waals surface area contributed by atoms with Gasteiger partial charge in [0.05, 0.1) is 12.1 Å². The molecule has 2 aromatic carbocycles. The van der Waals surface area contributed by atoms with Crippen molar-refractivity contribution in [3.8, 4) is 21.1 Å². The van der Waals surface area contributed by atoms with Gasteiger partial charge in [-0.2, -0.15) is 0 Å². The van der Waals surface area contributed by atoms with Gasteiger partial charge in [0.2, 0.25) is 5.91 Å². The molecule has 0 saturated carbocycles. The number of hydrogen-bond donors (Lipinski definition) is 4. The highest BCUT2D eigenvalue weighted by atomic mass is 32.1. The molecule has 0 spiro atoms. The van der Waals surface area contributed by atoms with Gasteiger partial charge in [0.15, 0.2) is 5.13 Å². The van der Waals surface area contributed by atoms with Crippen LogP contribution in [0.15, 0.2) is 47.8 Å². The second-order valence-electron chi connectivity index (χ2n) is 6.98. The summed E-state index contributed by atoms with van der Waals surface area (Å²) in [5.41, 5.74) is 7.54. The van der Waals surface area contributed by atoms with E-state index in [1.165, 1.54) is 35.8 Å². The SMILES string of the molecule is CNC(=O)Nc1nc(N)c(-c2nc(-c3cccc(NC(=O)Cc4c(F)cccc4F)c3)cs2)s1. The van der Waals surface area contributed by atoms with Gasteiger partial charge in [0.25, 0.3) is 0 Å². The summed E-state index contributed by atoms with van der Waals surface area (Å²) in [6.07, 6.45) is -0.430. The Balaban J connectivity index is 1.50. The standard InChI is InChI=1S/C22H18F2N6O2S2/c1-26-21(32)30-22-29-19(25)18(34-22)20-28-16(10-33-20)11-4-2-5-12(8-11)27-17(31)9-13-14(23)6-3-7-15(13)24/h2-8,10H,9,25H2,1H3,(H,27,31)(H2,26,29,30,32). The van der Waals surface area contributed by atoms with E-state index in [0.717, 1.165) is 17.7 Å². The van der Waals surface area contributed by atoms with E-state index in [2.05, 4.69) is 25.9 Å². The Kier molecular flexibility index (Phi) is 6.80. The van der Waals surface area contributed by atoms with Crippen molar-refractivity contribution in [2.24, 2.45) is 0 Å². The number of rotatable bonds is 6. The fourth-order valence-corrected chi connectivity index (χ4v) is 4.84. The fourth-order valence-electron chi connectivity index (χ4n) is 3.03. The molecule has 0 unspecified atom stereocenters. The van der Waals surface area contributed by atoms with Gasteiger partial charge < -0.3 is 16.4 Å². The lowest BCUT2D eigenvalue weighted by Gasteiger charge is -2.08. The van der Waals surface area contributed by atoms with Crippen molar-refractivity contribution in [1.82, 2.24) is 15.3 Å². The minimum Gasteiger partial charge on any atom is -0.382 e. The number of urea groups is 1. The first-order valence-electron chi connectivity index (χ1n) is 9.88. The predicted molar refractivity (Wildman–Crippen MR) is 130 cm³/mol. The van der Waals surface area contributed by atoms with Gasteiger partial charge in [-0.15, -0.1) is 11.3 Å². The number of thiazole rings is 2. The third-order valence-corrected chi connectivity index (χ3v) is 6.62. The van der Waals surface area contributed by atoms with Crippen molar-refractivity contribution in [3.05, 3.63) is 65.0 Å². The van der Waals surface area contributed by atoms with Gasteiger partial charge in [-0.05, 0) is 24.3 Å². The maximum Gasteiger partial charge on any atom is 0.320 e. The van der Waals surface area contributed by atoms with E-state index in [-0.39, 0.29) is 11.4 Å². The number of nitrogens with two attached hydrogens (primary N) is 1. The second-order valence-corrected chi connectivity index (χ2v) is 8.84. The summed E-state index contributed by atoms with van der Waals surface area (Å²) in [5, 5.41) is 10.5. The van der Waals surface area contributed by atoms with Crippen molar-refractivity contribution in [2.45, 2.75) is 6.42 Å². The minimum absolute atomic E-state index is 0.249. The number of nitrogens with one attached hydrogen (secondary N) is 3. The molecule has 8 nitrogen and oxygen atoms in total. The average Bonchev–Trinajstić information content (AvgIpc) is 3.43. The third-order valence-electron chi connectivity index (χ3n) is 4.64. The number of nitrogens with zero attached hydrogens (tertiary/aromatic N) is 2. The number of carbonyl (C=O) groups excluding carboxylic acids is 2. The number of halogens is 2. The second kappa shape index (κ2) is 9.93. The van der Waals surface area contributed by atoms with E-state index in [9.17, 15) is 18.4 Å². The minimum atomic E-state index is -0.769. The molecular weight excluding hydrogens is 482 g/mol. The average molecular weight is 501 g/mol. The molecule has 0 aliphatic carbocycles. The maximum absolute atomic E-state index is 13.8. The van der Waals surface area contributed by atoms with Crippen LogP contribution < -0.4 is 21.7 Å². The van der Waals surface area contributed by atoms with Crippen LogP contribution in [0.3, 0.4) is 0 Å². The first-order chi connectivity index (χ1) is 16.3. The Morgan fingerprint density at radius 1 is 1.06 bits per heavy atom. The predicted octanol–water partition coefficient (Wildman–Crippen LogP) is 4.73. The number of aromatic nitrogens is 2. The summed E-state index contributed by atoms with van der Waals surface area (Å²) >= 11 is 2.56. The Labute approximate surface area is 200 Å². The highest BCUT2D eigenvalue weighted by molar-refractivity contribution is 7.23. The quantitative estimate of drug-likeness (QED) is 0.305. The molecule has 3 amide bonds. The van der Waals surface area contributed by atoms with Crippen LogP contribution in [0.1, 0.15) is 5.56 Å². The number of nitrogen functional groups attached to an aromatic ring is 1. The topological polar surface area (TPSA) is 122 Å². The van der Waals surface area contributed by atoms with Crippen LogP contribution in [0, 0.1) is 11.6 Å². The molecule has 2 aromatic heterocycles. The van der Waals surface area contributed by atoms with Crippen LogP contribution in [-0.4, -0.2) is 29.0 Å². The van der Waals surface area contributed by atoms with Crippen LogP contribution in [0.4, 0.5) is 30.2 Å². The van der Waals surface area contributed by atoms with Crippen molar-refractivity contribution >= 4 is 51.2 Å². The van der Waals surface area contributed by atoms with Crippen molar-refractivity contribution in [2.75, 3.05) is 23.4 Å². The molecule has 4 aromatic rings. The summed E-state index contributed by atoms with van der Waals surface area (Å²) in [5.74, 6) is -1.84. The summed E-state index contributed by atoms with van der Waals surface area (Å²) in [7, 11) is 1.50. The normalized spacial score (nSPS) is 10.7. The maximum atomic E-state index is 13.8. The van der Waals surface area contributed by atoms with Gasteiger partial charge in [-0.25, -0.2) is 23.5 Å². The summed E-state index contributed by atoms with van der Waals surface area (Å²) in [6, 6.07) is 10.00. The molecule has 0 fully saturated rings. The highest BCUT2D eigenvalue weighted by Crippen LogP contribution is 2.38. The molecule has 5 N–H and O–H groups in total.